The molecule has 2 heteroatoms. The number of ether oxygens (including phenoxy) is 1. The molecule has 0 aromatic heterocycles. The highest BCUT2D eigenvalue weighted by Gasteiger charge is 2.12. The number of aldehydes is 1. The Morgan fingerprint density at radius 3 is 2.37 bits per heavy atom. The number of hydrogen-bond acceptors (Lipinski definition) is 2. The van der Waals surface area contributed by atoms with Gasteiger partial charge in [-0.3, -0.25) is 4.79 Å². The molecule has 1 unspecified atom stereocenters. The maximum Gasteiger partial charge on any atom is 0.142 e. The summed E-state index contributed by atoms with van der Waals surface area (Å²) in [5, 5.41) is 0. The van der Waals surface area contributed by atoms with Crippen molar-refractivity contribution in [2.75, 3.05) is 6.61 Å². The molecule has 0 saturated carbocycles. The third-order valence-corrected chi connectivity index (χ3v) is 3.89. The van der Waals surface area contributed by atoms with Gasteiger partial charge in [0, 0.05) is 6.61 Å². The first kappa shape index (κ1) is 16.4. The minimum atomic E-state index is 0.568. The lowest BCUT2D eigenvalue weighted by Gasteiger charge is -2.22. The van der Waals surface area contributed by atoms with E-state index in [1.807, 2.05) is 6.08 Å². The van der Waals surface area contributed by atoms with Crippen molar-refractivity contribution in [1.29, 1.82) is 0 Å². The van der Waals surface area contributed by atoms with Crippen molar-refractivity contribution >= 4 is 6.29 Å². The fourth-order valence-electron chi connectivity index (χ4n) is 2.70. The molecule has 1 aliphatic heterocycles. The highest BCUT2D eigenvalue weighted by molar-refractivity contribution is 5.64. The first-order valence-electron chi connectivity index (χ1n) is 8.15. The summed E-state index contributed by atoms with van der Waals surface area (Å²) in [5.41, 5.74) is 0. The number of carbonyl (C=O) groups is 1. The lowest BCUT2D eigenvalue weighted by atomic mass is 10.0. The third kappa shape index (κ3) is 9.89. The van der Waals surface area contributed by atoms with Gasteiger partial charge in [-0.2, -0.15) is 0 Å². The van der Waals surface area contributed by atoms with Crippen LogP contribution in [-0.4, -0.2) is 19.0 Å². The Kier molecular flexibility index (Phi) is 10.7. The van der Waals surface area contributed by atoms with E-state index in [4.69, 9.17) is 4.74 Å². The summed E-state index contributed by atoms with van der Waals surface area (Å²) < 4.78 is 5.74. The lowest BCUT2D eigenvalue weighted by molar-refractivity contribution is -0.104. The second kappa shape index (κ2) is 12.4. The van der Waals surface area contributed by atoms with Gasteiger partial charge >= 0.3 is 0 Å². The number of unbranched alkanes of at least 4 members (excludes halogenated alkanes) is 7. The average molecular weight is 266 g/mol. The lowest BCUT2D eigenvalue weighted by Crippen LogP contribution is -2.18. The molecule has 1 heterocycles. The minimum absolute atomic E-state index is 0.568. The van der Waals surface area contributed by atoms with Gasteiger partial charge in [-0.25, -0.2) is 0 Å². The Morgan fingerprint density at radius 2 is 1.68 bits per heavy atom. The van der Waals surface area contributed by atoms with Crippen LogP contribution in [0, 0.1) is 0 Å². The molecule has 1 saturated heterocycles. The van der Waals surface area contributed by atoms with Crippen LogP contribution < -0.4 is 0 Å². The van der Waals surface area contributed by atoms with Gasteiger partial charge in [-0.15, -0.1) is 0 Å². The standard InChI is InChI=1S/C17H30O2/c18-15-11-8-6-4-2-1-3-5-7-9-13-17-14-10-12-16-19-17/h8,11,15,17H,1-7,9-10,12-14,16H2. The van der Waals surface area contributed by atoms with Gasteiger partial charge in [0.25, 0.3) is 0 Å². The SMILES string of the molecule is O=CC=CCCCCCCCCCC1CCCCO1. The van der Waals surface area contributed by atoms with Crippen LogP contribution in [0.2, 0.25) is 0 Å². The number of allylic oxidation sites excluding steroid dienone is 2. The third-order valence-electron chi connectivity index (χ3n) is 3.89. The molecule has 0 amide bonds. The Morgan fingerprint density at radius 1 is 0.947 bits per heavy atom. The van der Waals surface area contributed by atoms with Gasteiger partial charge in [0.2, 0.25) is 0 Å². The van der Waals surface area contributed by atoms with Crippen LogP contribution in [0.1, 0.15) is 77.0 Å². The van der Waals surface area contributed by atoms with Crippen molar-refractivity contribution in [3.05, 3.63) is 12.2 Å². The van der Waals surface area contributed by atoms with Gasteiger partial charge in [-0.1, -0.05) is 44.6 Å². The van der Waals surface area contributed by atoms with E-state index in [0.29, 0.717) is 6.10 Å². The minimum Gasteiger partial charge on any atom is -0.378 e. The predicted molar refractivity (Wildman–Crippen MR) is 80.3 cm³/mol. The molecule has 19 heavy (non-hydrogen) atoms. The molecule has 0 spiro atoms. The molecule has 0 N–H and O–H groups in total. The Hall–Kier alpha value is -0.630. The van der Waals surface area contributed by atoms with Gasteiger partial charge in [-0.05, 0) is 44.6 Å². The number of rotatable bonds is 11. The smallest absolute Gasteiger partial charge is 0.142 e. The normalized spacial score (nSPS) is 19.9. The molecule has 1 aliphatic rings. The zero-order chi connectivity index (χ0) is 13.6. The predicted octanol–water partition coefficient (Wildman–Crippen LogP) is 4.82. The summed E-state index contributed by atoms with van der Waals surface area (Å²) in [7, 11) is 0. The van der Waals surface area contributed by atoms with Crippen molar-refractivity contribution in [2.24, 2.45) is 0 Å². The van der Waals surface area contributed by atoms with Crippen LogP contribution in [-0.2, 0) is 9.53 Å². The highest BCUT2D eigenvalue weighted by Crippen LogP contribution is 2.19. The van der Waals surface area contributed by atoms with E-state index in [1.165, 1.54) is 70.6 Å². The van der Waals surface area contributed by atoms with Crippen LogP contribution in [0.15, 0.2) is 12.2 Å². The van der Waals surface area contributed by atoms with E-state index < -0.39 is 0 Å². The molecule has 2 nitrogen and oxygen atoms in total. The van der Waals surface area contributed by atoms with E-state index in [-0.39, 0.29) is 0 Å². The summed E-state index contributed by atoms with van der Waals surface area (Å²) in [6, 6.07) is 0. The zero-order valence-corrected chi connectivity index (χ0v) is 12.3. The fourth-order valence-corrected chi connectivity index (χ4v) is 2.70. The van der Waals surface area contributed by atoms with Gasteiger partial charge in [0.15, 0.2) is 0 Å². The summed E-state index contributed by atoms with van der Waals surface area (Å²) in [6.07, 6.45) is 20.5. The molecule has 0 aromatic carbocycles. The molecule has 1 rings (SSSR count). The maximum absolute atomic E-state index is 10.1. The summed E-state index contributed by atoms with van der Waals surface area (Å²) in [6.45, 7) is 0.989. The molecule has 110 valence electrons. The van der Waals surface area contributed by atoms with E-state index in [0.717, 1.165) is 19.3 Å². The largest absolute Gasteiger partial charge is 0.378 e. The second-order valence-electron chi connectivity index (χ2n) is 5.61. The van der Waals surface area contributed by atoms with E-state index in [9.17, 15) is 4.79 Å². The Bertz CT molecular complexity index is 229. The molecule has 0 radical (unpaired) electrons. The van der Waals surface area contributed by atoms with Gasteiger partial charge < -0.3 is 4.74 Å². The van der Waals surface area contributed by atoms with Crippen molar-refractivity contribution in [3.8, 4) is 0 Å². The van der Waals surface area contributed by atoms with Crippen LogP contribution >= 0.6 is 0 Å². The van der Waals surface area contributed by atoms with Gasteiger partial charge in [0.1, 0.15) is 6.29 Å². The Labute approximate surface area is 118 Å². The fraction of sp³-hybridized carbons (Fsp3) is 0.824. The molecule has 0 bridgehead atoms. The summed E-state index contributed by atoms with van der Waals surface area (Å²) in [4.78, 5) is 10.1. The molecule has 0 aliphatic carbocycles. The molecule has 1 fully saturated rings. The second-order valence-corrected chi connectivity index (χ2v) is 5.61. The summed E-state index contributed by atoms with van der Waals surface area (Å²) >= 11 is 0. The quantitative estimate of drug-likeness (QED) is 0.304. The zero-order valence-electron chi connectivity index (χ0n) is 12.3. The maximum atomic E-state index is 10.1. The van der Waals surface area contributed by atoms with Crippen LogP contribution in [0.5, 0.6) is 0 Å². The monoisotopic (exact) mass is 266 g/mol. The average Bonchev–Trinajstić information content (AvgIpc) is 2.46. The van der Waals surface area contributed by atoms with E-state index >= 15 is 0 Å². The van der Waals surface area contributed by atoms with Crippen molar-refractivity contribution < 1.29 is 9.53 Å². The summed E-state index contributed by atoms with van der Waals surface area (Å²) in [5.74, 6) is 0. The highest BCUT2D eigenvalue weighted by atomic mass is 16.5. The topological polar surface area (TPSA) is 26.3 Å². The van der Waals surface area contributed by atoms with Crippen LogP contribution in [0.25, 0.3) is 0 Å². The van der Waals surface area contributed by atoms with Crippen LogP contribution in [0.3, 0.4) is 0 Å². The van der Waals surface area contributed by atoms with E-state index in [2.05, 4.69) is 0 Å². The first-order valence-corrected chi connectivity index (χ1v) is 8.15. The first-order chi connectivity index (χ1) is 9.43. The van der Waals surface area contributed by atoms with Crippen molar-refractivity contribution in [2.45, 2.75) is 83.2 Å². The van der Waals surface area contributed by atoms with E-state index in [1.54, 1.807) is 6.08 Å². The van der Waals surface area contributed by atoms with Crippen molar-refractivity contribution in [3.63, 3.8) is 0 Å². The van der Waals surface area contributed by atoms with Crippen molar-refractivity contribution in [1.82, 2.24) is 0 Å². The molecular weight excluding hydrogens is 236 g/mol. The number of carbonyl (C=O) groups excluding carboxylic acids is 1. The molecule has 0 aromatic rings. The molecule has 1 atom stereocenters. The molecular formula is C17H30O2. The van der Waals surface area contributed by atoms with Gasteiger partial charge in [0.05, 0.1) is 6.10 Å². The Balaban J connectivity index is 1.75. The van der Waals surface area contributed by atoms with Crippen LogP contribution in [0.4, 0.5) is 0 Å². The number of hydrogen-bond donors (Lipinski definition) is 0.